The first-order valence-corrected chi connectivity index (χ1v) is 10.3. The number of anilines is 1. The third-order valence-corrected chi connectivity index (χ3v) is 5.46. The van der Waals surface area contributed by atoms with Crippen LogP contribution in [0.25, 0.3) is 10.2 Å². The van der Waals surface area contributed by atoms with E-state index in [1.807, 2.05) is 30.3 Å². The molecule has 8 nitrogen and oxygen atoms in total. The lowest BCUT2D eigenvalue weighted by molar-refractivity contribution is -0.132. The summed E-state index contributed by atoms with van der Waals surface area (Å²) in [6.07, 6.45) is -0.650. The van der Waals surface area contributed by atoms with Gasteiger partial charge in [-0.3, -0.25) is 15.1 Å². The molecule has 0 fully saturated rings. The summed E-state index contributed by atoms with van der Waals surface area (Å²) in [5.74, 6) is 0.427. The minimum absolute atomic E-state index is 0.00908. The standard InChI is InChI=1S/C20H21ClN4O4S/c1-13(26)25(22-12-14-6-3-4-7-15(14)21)10-11-29-20(27)24-19-23-18-16(28-2)8-5-9-17(18)30-19/h3-9,22H,10-12H2,1-2H3,(H,23,24,27). The molecule has 3 rings (SSSR count). The number of para-hydroxylation sites is 1. The molecule has 0 aliphatic carbocycles. The minimum atomic E-state index is -0.650. The molecule has 30 heavy (non-hydrogen) atoms. The van der Waals surface area contributed by atoms with Crippen molar-refractivity contribution in [1.29, 1.82) is 0 Å². The van der Waals surface area contributed by atoms with Gasteiger partial charge in [0, 0.05) is 18.5 Å². The number of nitrogens with one attached hydrogen (secondary N) is 2. The lowest BCUT2D eigenvalue weighted by Crippen LogP contribution is -2.43. The van der Waals surface area contributed by atoms with Gasteiger partial charge in [-0.15, -0.1) is 0 Å². The first kappa shape index (κ1) is 21.8. The predicted molar refractivity (Wildman–Crippen MR) is 117 cm³/mol. The Balaban J connectivity index is 1.49. The number of ether oxygens (including phenoxy) is 2. The first-order valence-electron chi connectivity index (χ1n) is 9.10. The average Bonchev–Trinajstić information content (AvgIpc) is 3.13. The van der Waals surface area contributed by atoms with Crippen LogP contribution in [-0.2, 0) is 16.1 Å². The zero-order valence-electron chi connectivity index (χ0n) is 16.5. The van der Waals surface area contributed by atoms with Crippen LogP contribution < -0.4 is 15.5 Å². The number of hydrogen-bond acceptors (Lipinski definition) is 7. The molecule has 0 saturated carbocycles. The fourth-order valence-electron chi connectivity index (χ4n) is 2.66. The van der Waals surface area contributed by atoms with Crippen LogP contribution in [0.5, 0.6) is 5.75 Å². The summed E-state index contributed by atoms with van der Waals surface area (Å²) in [7, 11) is 1.57. The van der Waals surface area contributed by atoms with Crippen molar-refractivity contribution in [2.75, 3.05) is 25.6 Å². The molecule has 1 aromatic heterocycles. The fraction of sp³-hybridized carbons (Fsp3) is 0.250. The lowest BCUT2D eigenvalue weighted by Gasteiger charge is -2.22. The van der Waals surface area contributed by atoms with Gasteiger partial charge in [-0.2, -0.15) is 0 Å². The first-order chi connectivity index (χ1) is 14.5. The molecule has 2 N–H and O–H groups in total. The van der Waals surface area contributed by atoms with Crippen molar-refractivity contribution in [2.24, 2.45) is 0 Å². The zero-order valence-corrected chi connectivity index (χ0v) is 18.0. The summed E-state index contributed by atoms with van der Waals surface area (Å²) < 4.78 is 11.3. The number of amides is 2. The summed E-state index contributed by atoms with van der Waals surface area (Å²) in [6.45, 7) is 1.99. The summed E-state index contributed by atoms with van der Waals surface area (Å²) >= 11 is 7.44. The molecule has 0 spiro atoms. The van der Waals surface area contributed by atoms with E-state index in [9.17, 15) is 9.59 Å². The van der Waals surface area contributed by atoms with E-state index >= 15 is 0 Å². The summed E-state index contributed by atoms with van der Waals surface area (Å²) in [6, 6.07) is 12.9. The van der Waals surface area contributed by atoms with Crippen LogP contribution in [0.15, 0.2) is 42.5 Å². The molecule has 158 valence electrons. The number of hydrogen-bond donors (Lipinski definition) is 2. The molecule has 0 aliphatic heterocycles. The van der Waals surface area contributed by atoms with Crippen LogP contribution in [0.4, 0.5) is 9.93 Å². The van der Waals surface area contributed by atoms with Crippen molar-refractivity contribution in [2.45, 2.75) is 13.5 Å². The Bertz CT molecular complexity index is 1040. The number of fused-ring (bicyclic) bond motifs is 1. The van der Waals surface area contributed by atoms with Crippen molar-refractivity contribution >= 4 is 50.3 Å². The highest BCUT2D eigenvalue weighted by Crippen LogP contribution is 2.32. The van der Waals surface area contributed by atoms with E-state index in [0.29, 0.717) is 28.0 Å². The third kappa shape index (κ3) is 5.59. The number of carbonyl (C=O) groups excluding carboxylic acids is 2. The van der Waals surface area contributed by atoms with E-state index < -0.39 is 6.09 Å². The highest BCUT2D eigenvalue weighted by Gasteiger charge is 2.13. The third-order valence-electron chi connectivity index (χ3n) is 4.16. The van der Waals surface area contributed by atoms with E-state index in [0.717, 1.165) is 10.3 Å². The Morgan fingerprint density at radius 2 is 2.00 bits per heavy atom. The maximum Gasteiger partial charge on any atom is 0.413 e. The Morgan fingerprint density at radius 3 is 2.73 bits per heavy atom. The van der Waals surface area contributed by atoms with Crippen molar-refractivity contribution in [3.05, 3.63) is 53.1 Å². The molecule has 0 aliphatic rings. The molecular formula is C20H21ClN4O4S. The molecule has 0 bridgehead atoms. The Hall–Kier alpha value is -2.88. The number of nitrogens with zero attached hydrogens (tertiary/aromatic N) is 2. The number of thiazole rings is 1. The zero-order chi connectivity index (χ0) is 21.5. The van der Waals surface area contributed by atoms with Crippen molar-refractivity contribution in [1.82, 2.24) is 15.4 Å². The number of hydrazine groups is 1. The van der Waals surface area contributed by atoms with E-state index in [1.54, 1.807) is 19.2 Å². The molecule has 1 heterocycles. The number of benzene rings is 2. The number of methoxy groups -OCH3 is 1. The van der Waals surface area contributed by atoms with E-state index in [2.05, 4.69) is 15.7 Å². The quantitative estimate of drug-likeness (QED) is 0.505. The normalized spacial score (nSPS) is 10.6. The van der Waals surface area contributed by atoms with Crippen LogP contribution in [-0.4, -0.2) is 42.3 Å². The van der Waals surface area contributed by atoms with Gasteiger partial charge in [0.2, 0.25) is 5.91 Å². The van der Waals surface area contributed by atoms with Gasteiger partial charge < -0.3 is 9.47 Å². The fourth-order valence-corrected chi connectivity index (χ4v) is 3.74. The molecule has 0 atom stereocenters. The maximum absolute atomic E-state index is 12.1. The summed E-state index contributed by atoms with van der Waals surface area (Å²) in [5, 5.41) is 4.99. The number of halogens is 1. The van der Waals surface area contributed by atoms with E-state index in [1.165, 1.54) is 23.3 Å². The largest absolute Gasteiger partial charge is 0.494 e. The second-order valence-corrected chi connectivity index (χ2v) is 7.62. The van der Waals surface area contributed by atoms with Crippen LogP contribution in [0.2, 0.25) is 5.02 Å². The van der Waals surface area contributed by atoms with Crippen LogP contribution in [0.1, 0.15) is 12.5 Å². The van der Waals surface area contributed by atoms with Gasteiger partial charge >= 0.3 is 6.09 Å². The highest BCUT2D eigenvalue weighted by molar-refractivity contribution is 7.22. The van der Waals surface area contributed by atoms with Crippen molar-refractivity contribution in [3.8, 4) is 5.75 Å². The topological polar surface area (TPSA) is 92.8 Å². The van der Waals surface area contributed by atoms with Gasteiger partial charge in [-0.1, -0.05) is 47.2 Å². The maximum atomic E-state index is 12.1. The molecule has 0 unspecified atom stereocenters. The smallest absolute Gasteiger partial charge is 0.413 e. The molecule has 10 heteroatoms. The van der Waals surface area contributed by atoms with Gasteiger partial charge in [-0.05, 0) is 23.8 Å². The average molecular weight is 449 g/mol. The minimum Gasteiger partial charge on any atom is -0.494 e. The molecule has 3 aromatic rings. The van der Waals surface area contributed by atoms with Crippen molar-refractivity contribution in [3.63, 3.8) is 0 Å². The van der Waals surface area contributed by atoms with Gasteiger partial charge in [0.15, 0.2) is 5.13 Å². The second-order valence-electron chi connectivity index (χ2n) is 6.18. The van der Waals surface area contributed by atoms with Crippen LogP contribution >= 0.6 is 22.9 Å². The Kier molecular flexibility index (Phi) is 7.45. The van der Waals surface area contributed by atoms with E-state index in [4.69, 9.17) is 21.1 Å². The van der Waals surface area contributed by atoms with Gasteiger partial charge in [0.25, 0.3) is 0 Å². The van der Waals surface area contributed by atoms with Gasteiger partial charge in [-0.25, -0.2) is 15.2 Å². The molecular weight excluding hydrogens is 428 g/mol. The predicted octanol–water partition coefficient (Wildman–Crippen LogP) is 4.06. The number of aromatic nitrogens is 1. The Labute approximate surface area is 182 Å². The van der Waals surface area contributed by atoms with Crippen LogP contribution in [0.3, 0.4) is 0 Å². The molecule has 0 radical (unpaired) electrons. The van der Waals surface area contributed by atoms with Gasteiger partial charge in [0.05, 0.1) is 18.4 Å². The lowest BCUT2D eigenvalue weighted by atomic mass is 10.2. The molecule has 0 saturated heterocycles. The van der Waals surface area contributed by atoms with Gasteiger partial charge in [0.1, 0.15) is 17.9 Å². The Morgan fingerprint density at radius 1 is 1.20 bits per heavy atom. The number of rotatable bonds is 8. The SMILES string of the molecule is COc1cccc2sc(NC(=O)OCCN(NCc3ccccc3Cl)C(C)=O)nc12. The summed E-state index contributed by atoms with van der Waals surface area (Å²) in [5.41, 5.74) is 4.52. The van der Waals surface area contributed by atoms with Crippen LogP contribution in [0, 0.1) is 0 Å². The second kappa shape index (κ2) is 10.2. The van der Waals surface area contributed by atoms with Crippen molar-refractivity contribution < 1.29 is 19.1 Å². The number of carbonyl (C=O) groups is 2. The molecule has 2 amide bonds. The highest BCUT2D eigenvalue weighted by atomic mass is 35.5. The monoisotopic (exact) mass is 448 g/mol. The molecule has 2 aromatic carbocycles. The van der Waals surface area contributed by atoms with E-state index in [-0.39, 0.29) is 19.1 Å². The summed E-state index contributed by atoms with van der Waals surface area (Å²) in [4.78, 5) is 28.3.